The molecule has 0 aliphatic rings. The highest BCUT2D eigenvalue weighted by Gasteiger charge is 2.22. The van der Waals surface area contributed by atoms with Gasteiger partial charge < -0.3 is 9.63 Å². The third-order valence-electron chi connectivity index (χ3n) is 3.00. The Balaban J connectivity index is 2.27. The van der Waals surface area contributed by atoms with Gasteiger partial charge in [-0.3, -0.25) is 0 Å². The van der Waals surface area contributed by atoms with Crippen molar-refractivity contribution in [3.05, 3.63) is 41.3 Å². The van der Waals surface area contributed by atoms with Gasteiger partial charge in [0.05, 0.1) is 10.6 Å². The van der Waals surface area contributed by atoms with Crippen molar-refractivity contribution in [3.63, 3.8) is 0 Å². The van der Waals surface area contributed by atoms with Gasteiger partial charge >= 0.3 is 0 Å². The average Bonchev–Trinajstić information content (AvgIpc) is 2.69. The maximum atomic E-state index is 12.2. The number of hydrogen-bond acceptors (Lipinski definition) is 5. The number of phenols is 1. The Morgan fingerprint density at radius 3 is 2.35 bits per heavy atom. The lowest BCUT2D eigenvalue weighted by atomic mass is 10.1. The van der Waals surface area contributed by atoms with E-state index in [0.29, 0.717) is 11.5 Å². The summed E-state index contributed by atoms with van der Waals surface area (Å²) in [4.78, 5) is 0.0916. The first-order chi connectivity index (χ1) is 9.31. The highest BCUT2D eigenvalue weighted by atomic mass is 32.2. The van der Waals surface area contributed by atoms with E-state index in [2.05, 4.69) is 9.88 Å². The largest absolute Gasteiger partial charge is 0.508 e. The predicted octanol–water partition coefficient (Wildman–Crippen LogP) is 2.04. The van der Waals surface area contributed by atoms with Crippen LogP contribution in [0.25, 0.3) is 0 Å². The van der Waals surface area contributed by atoms with Crippen molar-refractivity contribution >= 4 is 10.0 Å². The zero-order valence-corrected chi connectivity index (χ0v) is 12.2. The molecule has 0 saturated carbocycles. The molecule has 0 bridgehead atoms. The van der Waals surface area contributed by atoms with Crippen LogP contribution in [0.15, 0.2) is 33.7 Å². The SMILES string of the molecule is Cc1noc(C)c1C(C)NS(=O)(=O)c1ccc(O)cc1. The molecule has 0 amide bonds. The molecule has 1 heterocycles. The van der Waals surface area contributed by atoms with E-state index in [9.17, 15) is 13.5 Å². The zero-order valence-electron chi connectivity index (χ0n) is 11.4. The van der Waals surface area contributed by atoms with Crippen LogP contribution in [-0.2, 0) is 10.0 Å². The summed E-state index contributed by atoms with van der Waals surface area (Å²) in [5.74, 6) is 0.603. The van der Waals surface area contributed by atoms with Crippen LogP contribution in [0.3, 0.4) is 0 Å². The molecule has 1 aromatic carbocycles. The van der Waals surface area contributed by atoms with Gasteiger partial charge in [-0.15, -0.1) is 0 Å². The quantitative estimate of drug-likeness (QED) is 0.900. The van der Waals surface area contributed by atoms with E-state index in [0.717, 1.165) is 5.56 Å². The molecular formula is C13H16N2O4S. The number of nitrogens with one attached hydrogen (secondary N) is 1. The molecule has 0 saturated heterocycles. The summed E-state index contributed by atoms with van der Waals surface area (Å²) < 4.78 is 32.1. The summed E-state index contributed by atoms with van der Waals surface area (Å²) in [6.45, 7) is 5.22. The number of hydrogen-bond donors (Lipinski definition) is 2. The van der Waals surface area contributed by atoms with E-state index >= 15 is 0 Å². The van der Waals surface area contributed by atoms with Crippen LogP contribution in [0.2, 0.25) is 0 Å². The summed E-state index contributed by atoms with van der Waals surface area (Å²) in [6.07, 6.45) is 0. The second-order valence-corrected chi connectivity index (χ2v) is 6.29. The van der Waals surface area contributed by atoms with E-state index in [-0.39, 0.29) is 10.6 Å². The highest BCUT2D eigenvalue weighted by Crippen LogP contribution is 2.23. The normalized spacial score (nSPS) is 13.3. The Bertz CT molecular complexity index is 685. The maximum Gasteiger partial charge on any atom is 0.241 e. The number of aromatic nitrogens is 1. The molecule has 0 aliphatic carbocycles. The van der Waals surface area contributed by atoms with Crippen molar-refractivity contribution in [1.29, 1.82) is 0 Å². The molecule has 108 valence electrons. The molecule has 1 unspecified atom stereocenters. The molecular weight excluding hydrogens is 280 g/mol. The Hall–Kier alpha value is -1.86. The molecule has 0 fully saturated rings. The molecule has 0 spiro atoms. The van der Waals surface area contributed by atoms with Crippen LogP contribution in [0.4, 0.5) is 0 Å². The summed E-state index contributed by atoms with van der Waals surface area (Å²) in [7, 11) is -3.67. The number of nitrogens with zero attached hydrogens (tertiary/aromatic N) is 1. The van der Waals surface area contributed by atoms with E-state index < -0.39 is 16.1 Å². The highest BCUT2D eigenvalue weighted by molar-refractivity contribution is 7.89. The van der Waals surface area contributed by atoms with Crippen LogP contribution in [0, 0.1) is 13.8 Å². The summed E-state index contributed by atoms with van der Waals surface area (Å²) in [5.41, 5.74) is 1.38. The minimum atomic E-state index is -3.67. The first-order valence-corrected chi connectivity index (χ1v) is 7.53. The number of aryl methyl sites for hydroxylation is 2. The fourth-order valence-electron chi connectivity index (χ4n) is 2.09. The molecule has 7 heteroatoms. The maximum absolute atomic E-state index is 12.2. The van der Waals surface area contributed by atoms with Crippen LogP contribution in [0.5, 0.6) is 5.75 Å². The van der Waals surface area contributed by atoms with Crippen molar-refractivity contribution < 1.29 is 18.0 Å². The van der Waals surface area contributed by atoms with Gasteiger partial charge in [-0.1, -0.05) is 5.16 Å². The molecule has 2 N–H and O–H groups in total. The Morgan fingerprint density at radius 2 is 1.85 bits per heavy atom. The lowest BCUT2D eigenvalue weighted by Gasteiger charge is -2.14. The molecule has 20 heavy (non-hydrogen) atoms. The van der Waals surface area contributed by atoms with Crippen LogP contribution < -0.4 is 4.72 Å². The second kappa shape index (κ2) is 5.26. The van der Waals surface area contributed by atoms with Crippen LogP contribution in [0.1, 0.15) is 30.0 Å². The fraction of sp³-hybridized carbons (Fsp3) is 0.308. The van der Waals surface area contributed by atoms with E-state index in [1.54, 1.807) is 20.8 Å². The first kappa shape index (κ1) is 14.5. The minimum absolute atomic E-state index is 0.0164. The van der Waals surface area contributed by atoms with Gasteiger partial charge in [0.2, 0.25) is 10.0 Å². The minimum Gasteiger partial charge on any atom is -0.508 e. The van der Waals surface area contributed by atoms with Crippen molar-refractivity contribution in [2.45, 2.75) is 31.7 Å². The molecule has 2 rings (SSSR count). The Labute approximate surface area is 117 Å². The van der Waals surface area contributed by atoms with Gasteiger partial charge in [0.25, 0.3) is 0 Å². The lowest BCUT2D eigenvalue weighted by Crippen LogP contribution is -2.27. The van der Waals surface area contributed by atoms with Crippen molar-refractivity contribution in [2.75, 3.05) is 0 Å². The van der Waals surface area contributed by atoms with Gasteiger partial charge in [0.1, 0.15) is 11.5 Å². The second-order valence-electron chi connectivity index (χ2n) is 4.57. The van der Waals surface area contributed by atoms with Gasteiger partial charge in [0.15, 0.2) is 0 Å². The van der Waals surface area contributed by atoms with E-state index in [1.807, 2.05) is 0 Å². The topological polar surface area (TPSA) is 92.4 Å². The smallest absolute Gasteiger partial charge is 0.241 e. The molecule has 0 aliphatic heterocycles. The molecule has 6 nitrogen and oxygen atoms in total. The third-order valence-corrected chi connectivity index (χ3v) is 4.56. The summed E-state index contributed by atoms with van der Waals surface area (Å²) in [6, 6.07) is 4.89. The van der Waals surface area contributed by atoms with Gasteiger partial charge in [-0.05, 0) is 45.0 Å². The van der Waals surface area contributed by atoms with Gasteiger partial charge in [-0.25, -0.2) is 13.1 Å². The third kappa shape index (κ3) is 2.83. The first-order valence-electron chi connectivity index (χ1n) is 6.05. The summed E-state index contributed by atoms with van der Waals surface area (Å²) in [5, 5.41) is 13.0. The van der Waals surface area contributed by atoms with Crippen molar-refractivity contribution in [2.24, 2.45) is 0 Å². The number of benzene rings is 1. The monoisotopic (exact) mass is 296 g/mol. The predicted molar refractivity (Wildman–Crippen MR) is 72.8 cm³/mol. The Morgan fingerprint density at radius 1 is 1.25 bits per heavy atom. The molecule has 2 aromatic rings. The van der Waals surface area contributed by atoms with Crippen molar-refractivity contribution in [1.82, 2.24) is 9.88 Å². The number of rotatable bonds is 4. The molecule has 0 radical (unpaired) electrons. The molecule has 1 aromatic heterocycles. The summed E-state index contributed by atoms with van der Waals surface area (Å²) >= 11 is 0. The number of phenolic OH excluding ortho intramolecular Hbond substituents is 1. The van der Waals surface area contributed by atoms with Gasteiger partial charge in [-0.2, -0.15) is 0 Å². The van der Waals surface area contributed by atoms with Gasteiger partial charge in [0, 0.05) is 11.6 Å². The molecule has 1 atom stereocenters. The lowest BCUT2D eigenvalue weighted by molar-refractivity contribution is 0.391. The zero-order chi connectivity index (χ0) is 14.9. The fourth-order valence-corrected chi connectivity index (χ4v) is 3.31. The number of sulfonamides is 1. The Kier molecular flexibility index (Phi) is 3.82. The standard InChI is InChI=1S/C13H16N2O4S/c1-8-13(10(3)19-14-8)9(2)15-20(17,18)12-6-4-11(16)5-7-12/h4-7,9,15-16H,1-3H3. The van der Waals surface area contributed by atoms with E-state index in [1.165, 1.54) is 24.3 Å². The van der Waals surface area contributed by atoms with Crippen LogP contribution in [-0.4, -0.2) is 18.7 Å². The van der Waals surface area contributed by atoms with E-state index in [4.69, 9.17) is 4.52 Å². The average molecular weight is 296 g/mol. The van der Waals surface area contributed by atoms with Crippen LogP contribution >= 0.6 is 0 Å². The number of aromatic hydroxyl groups is 1. The van der Waals surface area contributed by atoms with Crippen molar-refractivity contribution in [3.8, 4) is 5.75 Å².